The third kappa shape index (κ3) is 4.06. The summed E-state index contributed by atoms with van der Waals surface area (Å²) in [5, 5.41) is 3.56. The Balaban J connectivity index is 1.78. The molecule has 1 aliphatic heterocycles. The normalized spacial score (nSPS) is 14.8. The average Bonchev–Trinajstić information content (AvgIpc) is 3.12. The maximum absolute atomic E-state index is 13.5. The van der Waals surface area contributed by atoms with E-state index in [0.717, 1.165) is 24.3 Å². The molecule has 3 aromatic rings. The van der Waals surface area contributed by atoms with Crippen molar-refractivity contribution in [1.82, 2.24) is 4.98 Å². The molecule has 2 aromatic carbocycles. The van der Waals surface area contributed by atoms with E-state index in [-0.39, 0.29) is 5.91 Å². The number of anilines is 3. The second-order valence-electron chi connectivity index (χ2n) is 7.87. The molecule has 1 aliphatic rings. The van der Waals surface area contributed by atoms with Crippen molar-refractivity contribution in [3.05, 3.63) is 71.5 Å². The second-order valence-corrected chi connectivity index (χ2v) is 7.87. The number of hydrogen-bond donors (Lipinski definition) is 1. The predicted octanol–water partition coefficient (Wildman–Crippen LogP) is 5.02. The van der Waals surface area contributed by atoms with E-state index >= 15 is 0 Å². The van der Waals surface area contributed by atoms with Crippen molar-refractivity contribution in [2.45, 2.75) is 26.9 Å². The summed E-state index contributed by atoms with van der Waals surface area (Å²) in [5.41, 5.74) is 5.07. The van der Waals surface area contributed by atoms with Gasteiger partial charge in [0.15, 0.2) is 6.17 Å². The van der Waals surface area contributed by atoms with Gasteiger partial charge >= 0.3 is 0 Å². The van der Waals surface area contributed by atoms with Crippen LogP contribution in [0.5, 0.6) is 11.5 Å². The Kier molecular flexibility index (Phi) is 6.40. The number of benzene rings is 2. The zero-order chi connectivity index (χ0) is 23.5. The molecule has 0 saturated heterocycles. The van der Waals surface area contributed by atoms with E-state index in [1.807, 2.05) is 18.2 Å². The molecule has 0 bridgehead atoms. The zero-order valence-corrected chi connectivity index (χ0v) is 19.8. The summed E-state index contributed by atoms with van der Waals surface area (Å²) in [5.74, 6) is 1.08. The topological polar surface area (TPSA) is 66.9 Å². The first-order chi connectivity index (χ1) is 16.0. The van der Waals surface area contributed by atoms with Crippen LogP contribution in [0.25, 0.3) is 0 Å². The van der Waals surface area contributed by atoms with Gasteiger partial charge in [0.25, 0.3) is 5.91 Å². The molecular weight excluding hydrogens is 416 g/mol. The first-order valence-electron chi connectivity index (χ1n) is 11.1. The number of carbonyl (C=O) groups excluding carboxylic acids is 1. The van der Waals surface area contributed by atoms with Gasteiger partial charge in [-0.05, 0) is 68.8 Å². The van der Waals surface area contributed by atoms with Crippen LogP contribution in [-0.4, -0.2) is 38.2 Å². The standard InChI is InChI=1S/C26H30N4O3/c1-6-29(7-2)18-10-12-21(17(3)15-18)28-25-24-20(9-8-14-27-24)26(31)30(25)22-16-19(32-4)11-13-23(22)33-5/h8-16,25,28H,6-7H2,1-5H3/t25-/m1/s1. The van der Waals surface area contributed by atoms with Crippen molar-refractivity contribution in [3.8, 4) is 11.5 Å². The van der Waals surface area contributed by atoms with Gasteiger partial charge in [0.05, 0.1) is 31.2 Å². The summed E-state index contributed by atoms with van der Waals surface area (Å²) in [4.78, 5) is 22.1. The largest absolute Gasteiger partial charge is 0.497 e. The van der Waals surface area contributed by atoms with Crippen LogP contribution >= 0.6 is 0 Å². The third-order valence-corrected chi connectivity index (χ3v) is 6.08. The molecule has 1 N–H and O–H groups in total. The molecule has 1 atom stereocenters. The summed E-state index contributed by atoms with van der Waals surface area (Å²) < 4.78 is 11.0. The Bertz CT molecular complexity index is 1160. The molecule has 0 radical (unpaired) electrons. The Labute approximate surface area is 195 Å². The van der Waals surface area contributed by atoms with E-state index in [1.165, 1.54) is 5.69 Å². The molecule has 7 nitrogen and oxygen atoms in total. The number of methoxy groups -OCH3 is 2. The number of amides is 1. The average molecular weight is 447 g/mol. The van der Waals surface area contributed by atoms with E-state index in [9.17, 15) is 4.79 Å². The Morgan fingerprint density at radius 2 is 1.85 bits per heavy atom. The molecule has 172 valence electrons. The lowest BCUT2D eigenvalue weighted by molar-refractivity contribution is 0.0992. The van der Waals surface area contributed by atoms with Crippen LogP contribution in [0.2, 0.25) is 0 Å². The van der Waals surface area contributed by atoms with Crippen LogP contribution in [0.15, 0.2) is 54.7 Å². The van der Waals surface area contributed by atoms with Crippen LogP contribution < -0.4 is 24.6 Å². The summed E-state index contributed by atoms with van der Waals surface area (Å²) in [6.45, 7) is 8.26. The van der Waals surface area contributed by atoms with Gasteiger partial charge in [0.2, 0.25) is 0 Å². The second kappa shape index (κ2) is 9.40. The minimum Gasteiger partial charge on any atom is -0.497 e. The number of aryl methyl sites for hydroxylation is 1. The molecule has 0 aliphatic carbocycles. The molecule has 1 aromatic heterocycles. The zero-order valence-electron chi connectivity index (χ0n) is 19.8. The van der Waals surface area contributed by atoms with E-state index in [1.54, 1.807) is 37.4 Å². The molecule has 1 amide bonds. The van der Waals surface area contributed by atoms with Crippen LogP contribution in [-0.2, 0) is 0 Å². The van der Waals surface area contributed by atoms with Gasteiger partial charge in [-0.2, -0.15) is 0 Å². The highest BCUT2D eigenvalue weighted by Gasteiger charge is 2.40. The number of nitrogens with zero attached hydrogens (tertiary/aromatic N) is 3. The van der Waals surface area contributed by atoms with Gasteiger partial charge in [-0.25, -0.2) is 0 Å². The highest BCUT2D eigenvalue weighted by molar-refractivity contribution is 6.11. The fourth-order valence-corrected chi connectivity index (χ4v) is 4.29. The highest BCUT2D eigenvalue weighted by atomic mass is 16.5. The van der Waals surface area contributed by atoms with Crippen molar-refractivity contribution < 1.29 is 14.3 Å². The van der Waals surface area contributed by atoms with Crippen LogP contribution in [0.4, 0.5) is 17.1 Å². The molecule has 0 spiro atoms. The van der Waals surface area contributed by atoms with Gasteiger partial charge in [-0.15, -0.1) is 0 Å². The molecule has 0 fully saturated rings. The van der Waals surface area contributed by atoms with Gasteiger partial charge < -0.3 is 19.7 Å². The Hall–Kier alpha value is -3.74. The maximum Gasteiger partial charge on any atom is 0.262 e. The number of carbonyl (C=O) groups is 1. The first kappa shape index (κ1) is 22.5. The molecule has 4 rings (SSSR count). The predicted molar refractivity (Wildman–Crippen MR) is 132 cm³/mol. The van der Waals surface area contributed by atoms with E-state index in [2.05, 4.69) is 54.2 Å². The molecule has 2 heterocycles. The molecule has 33 heavy (non-hydrogen) atoms. The lowest BCUT2D eigenvalue weighted by Gasteiger charge is -2.29. The summed E-state index contributed by atoms with van der Waals surface area (Å²) in [6, 6.07) is 15.4. The minimum absolute atomic E-state index is 0.139. The molecular formula is C26H30N4O3. The van der Waals surface area contributed by atoms with Gasteiger partial charge in [0.1, 0.15) is 11.5 Å². The summed E-state index contributed by atoms with van der Waals surface area (Å²) in [7, 11) is 3.19. The summed E-state index contributed by atoms with van der Waals surface area (Å²) in [6.07, 6.45) is 1.22. The maximum atomic E-state index is 13.5. The number of hydrogen-bond acceptors (Lipinski definition) is 6. The molecule has 7 heteroatoms. The van der Waals surface area contributed by atoms with Gasteiger partial charge in [0, 0.05) is 36.7 Å². The lowest BCUT2D eigenvalue weighted by Crippen LogP contribution is -2.33. The third-order valence-electron chi connectivity index (χ3n) is 6.08. The van der Waals surface area contributed by atoms with E-state index < -0.39 is 6.17 Å². The van der Waals surface area contributed by atoms with Crippen LogP contribution in [0.1, 0.15) is 41.6 Å². The Morgan fingerprint density at radius 3 is 2.52 bits per heavy atom. The Morgan fingerprint density at radius 1 is 1.06 bits per heavy atom. The van der Waals surface area contributed by atoms with Crippen molar-refractivity contribution in [2.75, 3.05) is 42.4 Å². The number of fused-ring (bicyclic) bond motifs is 1. The van der Waals surface area contributed by atoms with Crippen LogP contribution in [0.3, 0.4) is 0 Å². The fourth-order valence-electron chi connectivity index (χ4n) is 4.29. The van der Waals surface area contributed by atoms with Crippen LogP contribution in [0, 0.1) is 6.92 Å². The van der Waals surface area contributed by atoms with Crippen molar-refractivity contribution >= 4 is 23.0 Å². The SMILES string of the molecule is CCN(CC)c1ccc(N[C@H]2c3ncccc3C(=O)N2c2cc(OC)ccc2OC)c(C)c1. The highest BCUT2D eigenvalue weighted by Crippen LogP contribution is 2.43. The van der Waals surface area contributed by atoms with E-state index in [0.29, 0.717) is 28.4 Å². The minimum atomic E-state index is -0.493. The van der Waals surface area contributed by atoms with Crippen molar-refractivity contribution in [2.24, 2.45) is 0 Å². The lowest BCUT2D eigenvalue weighted by atomic mass is 10.1. The monoisotopic (exact) mass is 446 g/mol. The number of rotatable bonds is 8. The molecule has 0 saturated carbocycles. The van der Waals surface area contributed by atoms with E-state index in [4.69, 9.17) is 9.47 Å². The first-order valence-corrected chi connectivity index (χ1v) is 11.1. The van der Waals surface area contributed by atoms with Crippen molar-refractivity contribution in [3.63, 3.8) is 0 Å². The number of nitrogens with one attached hydrogen (secondary N) is 1. The number of aromatic nitrogens is 1. The molecule has 0 unspecified atom stereocenters. The fraction of sp³-hybridized carbons (Fsp3) is 0.308. The van der Waals surface area contributed by atoms with Crippen molar-refractivity contribution in [1.29, 1.82) is 0 Å². The smallest absolute Gasteiger partial charge is 0.262 e. The quantitative estimate of drug-likeness (QED) is 0.524. The summed E-state index contributed by atoms with van der Waals surface area (Å²) >= 11 is 0. The number of ether oxygens (including phenoxy) is 2. The number of pyridine rings is 1. The van der Waals surface area contributed by atoms with Gasteiger partial charge in [-0.3, -0.25) is 14.7 Å². The van der Waals surface area contributed by atoms with Gasteiger partial charge in [-0.1, -0.05) is 0 Å².